The SMILES string of the molecule is Cc1ccc2sccc2c1-c1nc2cc3ccccc3cc2c[n+]1C. The first-order valence-corrected chi connectivity index (χ1v) is 9.25. The summed E-state index contributed by atoms with van der Waals surface area (Å²) in [4.78, 5) is 5.05. The maximum absolute atomic E-state index is 5.05. The Morgan fingerprint density at radius 2 is 1.72 bits per heavy atom. The van der Waals surface area contributed by atoms with Crippen LogP contribution in [0.25, 0.3) is 43.1 Å². The van der Waals surface area contributed by atoms with Crippen molar-refractivity contribution in [3.05, 3.63) is 71.7 Å². The number of nitrogens with zero attached hydrogens (tertiary/aromatic N) is 2. The van der Waals surface area contributed by atoms with Crippen LogP contribution in [0.1, 0.15) is 5.56 Å². The van der Waals surface area contributed by atoms with Gasteiger partial charge in [0.1, 0.15) is 6.20 Å². The van der Waals surface area contributed by atoms with Gasteiger partial charge in [0.2, 0.25) is 0 Å². The average molecular weight is 341 g/mol. The summed E-state index contributed by atoms with van der Waals surface area (Å²) in [6.07, 6.45) is 2.19. The van der Waals surface area contributed by atoms with Crippen molar-refractivity contribution >= 4 is 43.1 Å². The van der Waals surface area contributed by atoms with Crippen LogP contribution in [0.3, 0.4) is 0 Å². The third-order valence-corrected chi connectivity index (χ3v) is 5.74. The van der Waals surface area contributed by atoms with Crippen LogP contribution in [0.4, 0.5) is 0 Å². The molecule has 0 aliphatic rings. The van der Waals surface area contributed by atoms with Crippen molar-refractivity contribution in [2.75, 3.05) is 0 Å². The van der Waals surface area contributed by atoms with Crippen LogP contribution in [-0.2, 0) is 7.05 Å². The molecular weight excluding hydrogens is 324 g/mol. The normalized spacial score (nSPS) is 11.6. The van der Waals surface area contributed by atoms with Gasteiger partial charge in [-0.05, 0) is 57.9 Å². The fourth-order valence-corrected chi connectivity index (χ4v) is 4.39. The highest BCUT2D eigenvalue weighted by molar-refractivity contribution is 7.17. The van der Waals surface area contributed by atoms with E-state index < -0.39 is 0 Å². The van der Waals surface area contributed by atoms with Gasteiger partial charge in [-0.1, -0.05) is 30.3 Å². The van der Waals surface area contributed by atoms with Gasteiger partial charge in [-0.15, -0.1) is 11.3 Å². The molecule has 5 rings (SSSR count). The van der Waals surface area contributed by atoms with E-state index in [-0.39, 0.29) is 0 Å². The fourth-order valence-electron chi connectivity index (χ4n) is 3.59. The van der Waals surface area contributed by atoms with E-state index in [4.69, 9.17) is 4.98 Å². The molecule has 0 fully saturated rings. The Balaban J connectivity index is 1.86. The third kappa shape index (κ3) is 2.24. The number of thiophene rings is 1. The van der Waals surface area contributed by atoms with E-state index in [1.165, 1.54) is 37.4 Å². The van der Waals surface area contributed by atoms with Crippen molar-refractivity contribution in [3.8, 4) is 11.4 Å². The minimum Gasteiger partial charge on any atom is -0.232 e. The van der Waals surface area contributed by atoms with Crippen LogP contribution < -0.4 is 4.57 Å². The molecule has 0 amide bonds. The molecule has 0 saturated heterocycles. The number of rotatable bonds is 1. The molecule has 0 saturated carbocycles. The van der Waals surface area contributed by atoms with Crippen molar-refractivity contribution in [2.45, 2.75) is 6.92 Å². The lowest BCUT2D eigenvalue weighted by molar-refractivity contribution is -0.661. The molecule has 25 heavy (non-hydrogen) atoms. The first-order valence-electron chi connectivity index (χ1n) is 8.37. The maximum atomic E-state index is 5.05. The molecule has 2 nitrogen and oxygen atoms in total. The van der Waals surface area contributed by atoms with E-state index in [0.29, 0.717) is 0 Å². The first-order chi connectivity index (χ1) is 12.2. The number of aromatic nitrogens is 2. The van der Waals surface area contributed by atoms with Crippen molar-refractivity contribution in [2.24, 2.45) is 7.05 Å². The zero-order valence-corrected chi connectivity index (χ0v) is 15.0. The summed E-state index contributed by atoms with van der Waals surface area (Å²) in [5.74, 6) is 1.02. The molecule has 0 bridgehead atoms. The molecule has 120 valence electrons. The molecule has 0 aliphatic carbocycles. The Hall–Kier alpha value is -2.78. The molecule has 2 aromatic heterocycles. The van der Waals surface area contributed by atoms with Gasteiger partial charge in [-0.25, -0.2) is 4.57 Å². The standard InChI is InChI=1S/C22H17N2S/c1-14-7-8-20-18(9-10-25-20)21(14)22-23-19-12-16-6-4-3-5-15(16)11-17(19)13-24(22)2/h3-13H,1-2H3/q+1. The van der Waals surface area contributed by atoms with Crippen molar-refractivity contribution < 1.29 is 4.57 Å². The summed E-state index contributed by atoms with van der Waals surface area (Å²) in [6, 6.07) is 19.5. The van der Waals surface area contributed by atoms with E-state index in [9.17, 15) is 0 Å². The quantitative estimate of drug-likeness (QED) is 0.294. The van der Waals surface area contributed by atoms with Gasteiger partial charge in [0.25, 0.3) is 0 Å². The second-order valence-electron chi connectivity index (χ2n) is 6.52. The second kappa shape index (κ2) is 5.36. The molecule has 0 radical (unpaired) electrons. The topological polar surface area (TPSA) is 16.8 Å². The number of hydrogen-bond donors (Lipinski definition) is 0. The van der Waals surface area contributed by atoms with Crippen LogP contribution in [0.5, 0.6) is 0 Å². The van der Waals surface area contributed by atoms with E-state index in [1.54, 1.807) is 11.3 Å². The molecule has 2 heterocycles. The Bertz CT molecular complexity index is 1270. The molecule has 0 atom stereocenters. The largest absolute Gasteiger partial charge is 0.331 e. The molecule has 3 heteroatoms. The monoisotopic (exact) mass is 341 g/mol. The molecule has 0 unspecified atom stereocenters. The highest BCUT2D eigenvalue weighted by Gasteiger charge is 2.20. The van der Waals surface area contributed by atoms with E-state index in [2.05, 4.69) is 84.7 Å². The average Bonchev–Trinajstić information content (AvgIpc) is 3.08. The number of aryl methyl sites for hydroxylation is 2. The highest BCUT2D eigenvalue weighted by Crippen LogP contribution is 2.33. The molecule has 5 aromatic rings. The molecule has 0 spiro atoms. The van der Waals surface area contributed by atoms with Gasteiger partial charge in [0.15, 0.2) is 5.52 Å². The maximum Gasteiger partial charge on any atom is 0.331 e. The molecule has 0 N–H and O–H groups in total. The zero-order valence-electron chi connectivity index (χ0n) is 14.2. The molecular formula is C22H17N2S+. The van der Waals surface area contributed by atoms with E-state index >= 15 is 0 Å². The highest BCUT2D eigenvalue weighted by atomic mass is 32.1. The summed E-state index contributed by atoms with van der Waals surface area (Å²) >= 11 is 1.78. The Morgan fingerprint density at radius 1 is 0.920 bits per heavy atom. The van der Waals surface area contributed by atoms with Crippen LogP contribution in [0, 0.1) is 6.92 Å². The minimum absolute atomic E-state index is 1.02. The van der Waals surface area contributed by atoms with Crippen LogP contribution in [0.2, 0.25) is 0 Å². The number of hydrogen-bond acceptors (Lipinski definition) is 2. The fraction of sp³-hybridized carbons (Fsp3) is 0.0909. The zero-order chi connectivity index (χ0) is 17.0. The van der Waals surface area contributed by atoms with Crippen LogP contribution in [0.15, 0.2) is 66.2 Å². The van der Waals surface area contributed by atoms with Crippen molar-refractivity contribution in [1.82, 2.24) is 4.98 Å². The van der Waals surface area contributed by atoms with E-state index in [1.807, 2.05) is 0 Å². The lowest BCUT2D eigenvalue weighted by Gasteiger charge is -2.07. The van der Waals surface area contributed by atoms with E-state index in [0.717, 1.165) is 11.3 Å². The lowest BCUT2D eigenvalue weighted by atomic mass is 10.0. The van der Waals surface area contributed by atoms with Crippen molar-refractivity contribution in [3.63, 3.8) is 0 Å². The Morgan fingerprint density at radius 3 is 2.56 bits per heavy atom. The summed E-state index contributed by atoms with van der Waals surface area (Å²) in [6.45, 7) is 2.17. The predicted molar refractivity (Wildman–Crippen MR) is 106 cm³/mol. The Labute approximate surface area is 150 Å². The molecule has 0 aliphatic heterocycles. The van der Waals surface area contributed by atoms with Crippen LogP contribution >= 0.6 is 11.3 Å². The number of fused-ring (bicyclic) bond motifs is 3. The van der Waals surface area contributed by atoms with Crippen LogP contribution in [-0.4, -0.2) is 4.98 Å². The smallest absolute Gasteiger partial charge is 0.232 e. The van der Waals surface area contributed by atoms with Gasteiger partial charge in [0.05, 0.1) is 18.0 Å². The minimum atomic E-state index is 1.02. The predicted octanol–water partition coefficient (Wildman–Crippen LogP) is 5.40. The van der Waals surface area contributed by atoms with Crippen molar-refractivity contribution in [1.29, 1.82) is 0 Å². The Kier molecular flexibility index (Phi) is 3.12. The van der Waals surface area contributed by atoms with Gasteiger partial charge in [-0.3, -0.25) is 0 Å². The molecule has 3 aromatic carbocycles. The van der Waals surface area contributed by atoms with Gasteiger partial charge < -0.3 is 0 Å². The summed E-state index contributed by atoms with van der Waals surface area (Å²) in [5.41, 5.74) is 3.53. The first kappa shape index (κ1) is 14.6. The lowest BCUT2D eigenvalue weighted by Crippen LogP contribution is -2.32. The van der Waals surface area contributed by atoms with Gasteiger partial charge >= 0.3 is 5.82 Å². The summed E-state index contributed by atoms with van der Waals surface area (Å²) < 4.78 is 3.46. The van der Waals surface area contributed by atoms with Gasteiger partial charge in [-0.2, -0.15) is 0 Å². The summed E-state index contributed by atoms with van der Waals surface area (Å²) in [5, 5.41) is 7.09. The summed E-state index contributed by atoms with van der Waals surface area (Å²) in [7, 11) is 2.08. The second-order valence-corrected chi connectivity index (χ2v) is 7.47. The third-order valence-electron chi connectivity index (χ3n) is 4.86. The number of benzene rings is 3. The van der Waals surface area contributed by atoms with Gasteiger partial charge in [0, 0.05) is 10.1 Å².